The Morgan fingerprint density at radius 3 is 2.55 bits per heavy atom. The van der Waals surface area contributed by atoms with E-state index in [2.05, 4.69) is 5.32 Å². The van der Waals surface area contributed by atoms with Gasteiger partial charge in [0.1, 0.15) is 6.61 Å². The Morgan fingerprint density at radius 2 is 1.94 bits per heavy atom. The number of methoxy groups -OCH3 is 1. The van der Waals surface area contributed by atoms with Crippen molar-refractivity contribution in [3.63, 3.8) is 0 Å². The third kappa shape index (κ3) is 5.06. The van der Waals surface area contributed by atoms with Crippen molar-refractivity contribution in [3.8, 4) is 11.5 Å². The van der Waals surface area contributed by atoms with Crippen LogP contribution in [0.1, 0.15) is 31.0 Å². The number of nitrogens with one attached hydrogen (secondary N) is 1. The standard InChI is InChI=1S/C23H25N3O6S/c1-5-31-22(27)20-14(2)25(3)23(33)24-21(20)16-11-18(30-4)19(12-17(16)26(28)29)32-13-15-9-7-6-8-10-15/h6-12,21H,5,13H2,1-4H3,(H,24,33)/t21-/m0/s1. The van der Waals surface area contributed by atoms with Crippen molar-refractivity contribution in [2.45, 2.75) is 26.5 Å². The average Bonchev–Trinajstić information content (AvgIpc) is 2.81. The first-order valence-corrected chi connectivity index (χ1v) is 10.6. The van der Waals surface area contributed by atoms with Gasteiger partial charge in [-0.3, -0.25) is 10.1 Å². The van der Waals surface area contributed by atoms with E-state index in [1.165, 1.54) is 19.2 Å². The molecule has 0 bridgehead atoms. The van der Waals surface area contributed by atoms with Gasteiger partial charge in [0.05, 0.1) is 41.9 Å². The number of nitro groups is 1. The summed E-state index contributed by atoms with van der Waals surface area (Å²) in [6.45, 7) is 3.77. The molecule has 1 N–H and O–H groups in total. The number of thiocarbonyl (C=S) groups is 1. The molecule has 1 aliphatic rings. The minimum absolute atomic E-state index is 0.161. The molecule has 10 heteroatoms. The second-order valence-electron chi connectivity index (χ2n) is 7.25. The number of carbonyl (C=O) groups excluding carboxylic acids is 1. The zero-order valence-corrected chi connectivity index (χ0v) is 19.6. The molecule has 174 valence electrons. The van der Waals surface area contributed by atoms with Gasteiger partial charge < -0.3 is 24.4 Å². The summed E-state index contributed by atoms with van der Waals surface area (Å²) in [6, 6.07) is 11.3. The SMILES string of the molecule is CCOC(=O)C1=C(C)N(C)C(=S)N[C@H]1c1cc(OC)c(OCc2ccccc2)cc1[N+](=O)[O-]. The van der Waals surface area contributed by atoms with Gasteiger partial charge in [0.2, 0.25) is 0 Å². The van der Waals surface area contributed by atoms with E-state index in [0.29, 0.717) is 16.6 Å². The molecule has 0 amide bonds. The fourth-order valence-corrected chi connectivity index (χ4v) is 3.76. The molecular formula is C23H25N3O6S. The molecule has 2 aromatic rings. The lowest BCUT2D eigenvalue weighted by Crippen LogP contribution is -2.46. The number of allylic oxidation sites excluding steroid dienone is 1. The molecule has 0 saturated carbocycles. The molecule has 0 spiro atoms. The van der Waals surface area contributed by atoms with Crippen LogP contribution in [-0.4, -0.2) is 41.7 Å². The van der Waals surface area contributed by atoms with Crippen molar-refractivity contribution in [1.82, 2.24) is 10.2 Å². The number of ether oxygens (including phenoxy) is 3. The Bertz CT molecular complexity index is 1100. The Kier molecular flexibility index (Phi) is 7.49. The van der Waals surface area contributed by atoms with Crippen LogP contribution in [0.4, 0.5) is 5.69 Å². The third-order valence-corrected chi connectivity index (χ3v) is 5.70. The van der Waals surface area contributed by atoms with Gasteiger partial charge >= 0.3 is 5.97 Å². The zero-order chi connectivity index (χ0) is 24.1. The summed E-state index contributed by atoms with van der Waals surface area (Å²) in [6.07, 6.45) is 0. The maximum atomic E-state index is 12.8. The number of hydrogen-bond acceptors (Lipinski definition) is 7. The van der Waals surface area contributed by atoms with Crippen LogP contribution in [0.2, 0.25) is 0 Å². The fourth-order valence-electron chi connectivity index (χ4n) is 3.50. The number of rotatable bonds is 8. The van der Waals surface area contributed by atoms with Gasteiger partial charge in [-0.1, -0.05) is 30.3 Å². The molecule has 0 aliphatic carbocycles. The van der Waals surface area contributed by atoms with Gasteiger partial charge in [-0.15, -0.1) is 0 Å². The maximum Gasteiger partial charge on any atom is 0.338 e. The van der Waals surface area contributed by atoms with Crippen LogP contribution in [0, 0.1) is 10.1 Å². The van der Waals surface area contributed by atoms with E-state index in [9.17, 15) is 14.9 Å². The largest absolute Gasteiger partial charge is 0.493 e. The summed E-state index contributed by atoms with van der Waals surface area (Å²) in [5.41, 5.74) is 1.65. The van der Waals surface area contributed by atoms with Crippen LogP contribution in [-0.2, 0) is 16.1 Å². The molecule has 0 aromatic heterocycles. The topological polar surface area (TPSA) is 103 Å². The van der Waals surface area contributed by atoms with Crippen LogP contribution in [0.3, 0.4) is 0 Å². The van der Waals surface area contributed by atoms with E-state index in [1.807, 2.05) is 30.3 Å². The Labute approximate surface area is 197 Å². The number of benzene rings is 2. The highest BCUT2D eigenvalue weighted by Crippen LogP contribution is 2.42. The highest BCUT2D eigenvalue weighted by molar-refractivity contribution is 7.80. The first-order valence-electron chi connectivity index (χ1n) is 10.2. The molecule has 33 heavy (non-hydrogen) atoms. The lowest BCUT2D eigenvalue weighted by molar-refractivity contribution is -0.385. The molecule has 0 fully saturated rings. The van der Waals surface area contributed by atoms with Gasteiger partial charge in [0.25, 0.3) is 5.69 Å². The lowest BCUT2D eigenvalue weighted by Gasteiger charge is -2.35. The van der Waals surface area contributed by atoms with Gasteiger partial charge in [0.15, 0.2) is 16.6 Å². The first kappa shape index (κ1) is 24.0. The number of nitrogens with zero attached hydrogens (tertiary/aromatic N) is 2. The van der Waals surface area contributed by atoms with Crippen LogP contribution < -0.4 is 14.8 Å². The van der Waals surface area contributed by atoms with E-state index in [-0.39, 0.29) is 35.8 Å². The number of carbonyl (C=O) groups is 1. The van der Waals surface area contributed by atoms with E-state index in [4.69, 9.17) is 26.4 Å². The molecule has 0 radical (unpaired) electrons. The molecule has 0 saturated heterocycles. The molecule has 1 atom stereocenters. The average molecular weight is 472 g/mol. The number of esters is 1. The summed E-state index contributed by atoms with van der Waals surface area (Å²) in [5, 5.41) is 15.4. The van der Waals surface area contributed by atoms with Crippen LogP contribution in [0.15, 0.2) is 53.7 Å². The minimum atomic E-state index is -0.898. The van der Waals surface area contributed by atoms with Crippen LogP contribution in [0.25, 0.3) is 0 Å². The van der Waals surface area contributed by atoms with Gasteiger partial charge in [-0.05, 0) is 37.7 Å². The van der Waals surface area contributed by atoms with Crippen molar-refractivity contribution < 1.29 is 23.9 Å². The fraction of sp³-hybridized carbons (Fsp3) is 0.304. The summed E-state index contributed by atoms with van der Waals surface area (Å²) in [4.78, 5) is 25.9. The summed E-state index contributed by atoms with van der Waals surface area (Å²) < 4.78 is 16.5. The predicted octanol–water partition coefficient (Wildman–Crippen LogP) is 3.88. The van der Waals surface area contributed by atoms with Crippen molar-refractivity contribution in [2.24, 2.45) is 0 Å². The third-order valence-electron chi connectivity index (χ3n) is 5.31. The van der Waals surface area contributed by atoms with Crippen LogP contribution in [0.5, 0.6) is 11.5 Å². The van der Waals surface area contributed by atoms with E-state index >= 15 is 0 Å². The Morgan fingerprint density at radius 1 is 1.24 bits per heavy atom. The highest BCUT2D eigenvalue weighted by atomic mass is 32.1. The van der Waals surface area contributed by atoms with Crippen molar-refractivity contribution in [3.05, 3.63) is 75.0 Å². The Balaban J connectivity index is 2.09. The molecular weight excluding hydrogens is 446 g/mol. The molecule has 9 nitrogen and oxygen atoms in total. The van der Waals surface area contributed by atoms with Crippen molar-refractivity contribution in [1.29, 1.82) is 0 Å². The second-order valence-corrected chi connectivity index (χ2v) is 7.64. The van der Waals surface area contributed by atoms with Crippen molar-refractivity contribution >= 4 is 29.0 Å². The highest BCUT2D eigenvalue weighted by Gasteiger charge is 2.37. The van der Waals surface area contributed by atoms with Gasteiger partial charge in [0, 0.05) is 12.7 Å². The van der Waals surface area contributed by atoms with Crippen molar-refractivity contribution in [2.75, 3.05) is 20.8 Å². The monoisotopic (exact) mass is 471 g/mol. The molecule has 1 aliphatic heterocycles. The first-order chi connectivity index (χ1) is 15.8. The number of hydrogen-bond donors (Lipinski definition) is 1. The van der Waals surface area contributed by atoms with E-state index in [0.717, 1.165) is 5.56 Å². The molecule has 3 rings (SSSR count). The molecule has 0 unspecified atom stereocenters. The Hall–Kier alpha value is -3.66. The molecule has 1 heterocycles. The summed E-state index contributed by atoms with van der Waals surface area (Å²) in [7, 11) is 3.15. The predicted molar refractivity (Wildman–Crippen MR) is 126 cm³/mol. The zero-order valence-electron chi connectivity index (χ0n) is 18.8. The smallest absolute Gasteiger partial charge is 0.338 e. The molecule has 2 aromatic carbocycles. The lowest BCUT2D eigenvalue weighted by atomic mass is 9.93. The minimum Gasteiger partial charge on any atom is -0.493 e. The second kappa shape index (κ2) is 10.3. The van der Waals surface area contributed by atoms with Crippen LogP contribution >= 0.6 is 12.2 Å². The van der Waals surface area contributed by atoms with E-state index in [1.54, 1.807) is 25.8 Å². The summed E-state index contributed by atoms with van der Waals surface area (Å²) in [5.74, 6) is -0.0794. The van der Waals surface area contributed by atoms with E-state index < -0.39 is 16.9 Å². The van der Waals surface area contributed by atoms with Gasteiger partial charge in [-0.2, -0.15) is 0 Å². The maximum absolute atomic E-state index is 12.8. The summed E-state index contributed by atoms with van der Waals surface area (Å²) >= 11 is 5.38. The number of nitro benzene ring substituents is 1. The normalized spacial score (nSPS) is 15.7. The van der Waals surface area contributed by atoms with Gasteiger partial charge in [-0.25, -0.2) is 4.79 Å². The quantitative estimate of drug-likeness (QED) is 0.266.